The van der Waals surface area contributed by atoms with Crippen LogP contribution in [0.5, 0.6) is 0 Å². The molecule has 0 aromatic heterocycles. The summed E-state index contributed by atoms with van der Waals surface area (Å²) >= 11 is 0. The van der Waals surface area contributed by atoms with Gasteiger partial charge in [0.05, 0.1) is 6.42 Å². The smallest absolute Gasteiger partial charge is 0.227 e. The van der Waals surface area contributed by atoms with Crippen molar-refractivity contribution in [3.8, 4) is 0 Å². The first-order chi connectivity index (χ1) is 12.9. The predicted octanol–water partition coefficient (Wildman–Crippen LogP) is 3.16. The van der Waals surface area contributed by atoms with Crippen LogP contribution < -0.4 is 4.90 Å². The van der Waals surface area contributed by atoms with E-state index in [0.717, 1.165) is 12.0 Å². The maximum absolute atomic E-state index is 13.1. The molecule has 2 aromatic rings. The lowest BCUT2D eigenvalue weighted by Crippen LogP contribution is -2.34. The molecule has 2 saturated heterocycles. The van der Waals surface area contributed by atoms with Crippen LogP contribution in [0.15, 0.2) is 48.5 Å². The SMILES string of the molecule is O=C(Cc1ccc(F)cc1)N1CC[C@]2(CC(=O)N(c3ccc(F)cc3)C2)C1. The highest BCUT2D eigenvalue weighted by Gasteiger charge is 2.48. The number of amides is 2. The molecule has 0 radical (unpaired) electrons. The molecule has 6 heteroatoms. The molecule has 2 fully saturated rings. The third-order valence-corrected chi connectivity index (χ3v) is 5.52. The van der Waals surface area contributed by atoms with Crippen LogP contribution in [0.25, 0.3) is 0 Å². The molecule has 0 aliphatic carbocycles. The van der Waals surface area contributed by atoms with Crippen LogP contribution in [0, 0.1) is 17.0 Å². The summed E-state index contributed by atoms with van der Waals surface area (Å²) in [5.41, 5.74) is 1.22. The first-order valence-corrected chi connectivity index (χ1v) is 9.02. The molecule has 0 saturated carbocycles. The molecule has 0 unspecified atom stereocenters. The third kappa shape index (κ3) is 3.56. The number of nitrogens with zero attached hydrogens (tertiary/aromatic N) is 2. The number of benzene rings is 2. The van der Waals surface area contributed by atoms with Crippen LogP contribution in [-0.2, 0) is 16.0 Å². The van der Waals surface area contributed by atoms with Gasteiger partial charge < -0.3 is 9.80 Å². The van der Waals surface area contributed by atoms with E-state index < -0.39 is 0 Å². The fraction of sp³-hybridized carbons (Fsp3) is 0.333. The molecule has 2 aromatic carbocycles. The highest BCUT2D eigenvalue weighted by atomic mass is 19.1. The summed E-state index contributed by atoms with van der Waals surface area (Å²) < 4.78 is 26.1. The van der Waals surface area contributed by atoms with E-state index in [2.05, 4.69) is 0 Å². The Kier molecular flexibility index (Phi) is 4.42. The van der Waals surface area contributed by atoms with Crippen molar-refractivity contribution < 1.29 is 18.4 Å². The van der Waals surface area contributed by atoms with Crippen LogP contribution in [0.4, 0.5) is 14.5 Å². The maximum atomic E-state index is 13.1. The van der Waals surface area contributed by atoms with Crippen molar-refractivity contribution in [2.75, 3.05) is 24.5 Å². The Hall–Kier alpha value is -2.76. The van der Waals surface area contributed by atoms with Crippen LogP contribution in [0.1, 0.15) is 18.4 Å². The minimum Gasteiger partial charge on any atom is -0.342 e. The van der Waals surface area contributed by atoms with Crippen LogP contribution in [-0.4, -0.2) is 36.3 Å². The van der Waals surface area contributed by atoms with Crippen molar-refractivity contribution in [2.45, 2.75) is 19.3 Å². The van der Waals surface area contributed by atoms with Crippen LogP contribution >= 0.6 is 0 Å². The van der Waals surface area contributed by atoms with Gasteiger partial charge in [-0.3, -0.25) is 9.59 Å². The van der Waals surface area contributed by atoms with Crippen LogP contribution in [0.2, 0.25) is 0 Å². The molecule has 2 heterocycles. The molecule has 2 aliphatic rings. The van der Waals surface area contributed by atoms with E-state index in [1.165, 1.54) is 24.3 Å². The Bertz CT molecular complexity index is 867. The number of rotatable bonds is 3. The summed E-state index contributed by atoms with van der Waals surface area (Å²) in [6.07, 6.45) is 1.39. The Balaban J connectivity index is 1.42. The first-order valence-electron chi connectivity index (χ1n) is 9.02. The number of anilines is 1. The molecule has 0 bridgehead atoms. The lowest BCUT2D eigenvalue weighted by atomic mass is 9.86. The third-order valence-electron chi connectivity index (χ3n) is 5.52. The van der Waals surface area contributed by atoms with Crippen molar-refractivity contribution in [3.63, 3.8) is 0 Å². The molecule has 4 rings (SSSR count). The van der Waals surface area contributed by atoms with Crippen molar-refractivity contribution in [1.82, 2.24) is 4.90 Å². The van der Waals surface area contributed by atoms with Gasteiger partial charge in [-0.1, -0.05) is 12.1 Å². The summed E-state index contributed by atoms with van der Waals surface area (Å²) in [6.45, 7) is 1.69. The normalized spacial score (nSPS) is 22.1. The number of halogens is 2. The topological polar surface area (TPSA) is 40.6 Å². The zero-order valence-corrected chi connectivity index (χ0v) is 14.8. The average molecular weight is 370 g/mol. The molecule has 1 atom stereocenters. The van der Waals surface area contributed by atoms with E-state index in [9.17, 15) is 18.4 Å². The summed E-state index contributed by atoms with van der Waals surface area (Å²) in [5, 5.41) is 0. The summed E-state index contributed by atoms with van der Waals surface area (Å²) in [7, 11) is 0. The van der Waals surface area contributed by atoms with Gasteiger partial charge in [0.15, 0.2) is 0 Å². The molecule has 0 N–H and O–H groups in total. The van der Waals surface area contributed by atoms with Crippen molar-refractivity contribution in [1.29, 1.82) is 0 Å². The van der Waals surface area contributed by atoms with E-state index in [1.54, 1.807) is 34.1 Å². The van der Waals surface area contributed by atoms with Gasteiger partial charge >= 0.3 is 0 Å². The van der Waals surface area contributed by atoms with E-state index in [0.29, 0.717) is 31.7 Å². The van der Waals surface area contributed by atoms with E-state index in [1.807, 2.05) is 0 Å². The van der Waals surface area contributed by atoms with Gasteiger partial charge in [0.1, 0.15) is 11.6 Å². The van der Waals surface area contributed by atoms with E-state index in [4.69, 9.17) is 0 Å². The van der Waals surface area contributed by atoms with Gasteiger partial charge in [-0.15, -0.1) is 0 Å². The number of hydrogen-bond acceptors (Lipinski definition) is 2. The zero-order chi connectivity index (χ0) is 19.0. The van der Waals surface area contributed by atoms with Crippen LogP contribution in [0.3, 0.4) is 0 Å². The predicted molar refractivity (Wildman–Crippen MR) is 97.1 cm³/mol. The second-order valence-corrected chi connectivity index (χ2v) is 7.50. The second-order valence-electron chi connectivity index (χ2n) is 7.50. The molecular weight excluding hydrogens is 350 g/mol. The number of carbonyl (C=O) groups excluding carboxylic acids is 2. The molecular formula is C21H20F2N2O2. The Morgan fingerprint density at radius 3 is 2.26 bits per heavy atom. The van der Waals surface area contributed by atoms with Gasteiger partial charge in [-0.05, 0) is 48.4 Å². The molecule has 27 heavy (non-hydrogen) atoms. The lowest BCUT2D eigenvalue weighted by molar-refractivity contribution is -0.130. The van der Waals surface area contributed by atoms with Gasteiger partial charge in [-0.25, -0.2) is 8.78 Å². The monoisotopic (exact) mass is 370 g/mol. The highest BCUT2D eigenvalue weighted by Crippen LogP contribution is 2.42. The Labute approximate surface area is 156 Å². The quantitative estimate of drug-likeness (QED) is 0.833. The molecule has 1 spiro atoms. The standard InChI is InChI=1S/C21H20F2N2O2/c22-16-3-1-15(2-4-16)11-19(26)24-10-9-21(13-24)12-20(27)25(14-21)18-7-5-17(23)6-8-18/h1-8H,9-14H2/t21-/m0/s1. The number of likely N-dealkylation sites (tertiary alicyclic amines) is 1. The van der Waals surface area contributed by atoms with Gasteiger partial charge in [0.25, 0.3) is 0 Å². The number of hydrogen-bond donors (Lipinski definition) is 0. The number of carbonyl (C=O) groups is 2. The van der Waals surface area contributed by atoms with Crippen molar-refractivity contribution in [2.24, 2.45) is 5.41 Å². The molecule has 4 nitrogen and oxygen atoms in total. The summed E-state index contributed by atoms with van der Waals surface area (Å²) in [6, 6.07) is 11.9. The Morgan fingerprint density at radius 2 is 1.59 bits per heavy atom. The largest absolute Gasteiger partial charge is 0.342 e. The first kappa shape index (κ1) is 17.6. The fourth-order valence-corrected chi connectivity index (χ4v) is 4.06. The van der Waals surface area contributed by atoms with E-state index in [-0.39, 0.29) is 35.3 Å². The minimum absolute atomic E-state index is 0.00818. The Morgan fingerprint density at radius 1 is 0.963 bits per heavy atom. The van der Waals surface area contributed by atoms with Gasteiger partial charge in [0, 0.05) is 37.2 Å². The van der Waals surface area contributed by atoms with Crippen molar-refractivity contribution in [3.05, 3.63) is 65.7 Å². The van der Waals surface area contributed by atoms with Gasteiger partial charge in [-0.2, -0.15) is 0 Å². The fourth-order valence-electron chi connectivity index (χ4n) is 4.06. The molecule has 2 aliphatic heterocycles. The summed E-state index contributed by atoms with van der Waals surface area (Å²) in [4.78, 5) is 28.6. The van der Waals surface area contributed by atoms with Crippen molar-refractivity contribution >= 4 is 17.5 Å². The maximum Gasteiger partial charge on any atom is 0.227 e. The van der Waals surface area contributed by atoms with E-state index >= 15 is 0 Å². The molecule has 2 amide bonds. The average Bonchev–Trinajstić information content (AvgIpc) is 3.21. The minimum atomic E-state index is -0.335. The highest BCUT2D eigenvalue weighted by molar-refractivity contribution is 5.96. The molecule has 140 valence electrons. The zero-order valence-electron chi connectivity index (χ0n) is 14.8. The van der Waals surface area contributed by atoms with Gasteiger partial charge in [0.2, 0.25) is 11.8 Å². The lowest BCUT2D eigenvalue weighted by Gasteiger charge is -2.24. The summed E-state index contributed by atoms with van der Waals surface area (Å²) in [5.74, 6) is -0.657. The second kappa shape index (κ2) is 6.76.